The van der Waals surface area contributed by atoms with Crippen molar-refractivity contribution in [3.63, 3.8) is 0 Å². The summed E-state index contributed by atoms with van der Waals surface area (Å²) in [5.41, 5.74) is 44.6. The van der Waals surface area contributed by atoms with Gasteiger partial charge in [-0.25, -0.2) is 0 Å². The molecule has 0 saturated carbocycles. The maximum atomic E-state index is 2.76. The van der Waals surface area contributed by atoms with Crippen molar-refractivity contribution in [1.29, 1.82) is 0 Å². The molecule has 0 N–H and O–H groups in total. The Morgan fingerprint density at radius 3 is 0.904 bits per heavy atom. The molecule has 5 heterocycles. The van der Waals surface area contributed by atoms with Gasteiger partial charge in [-0.05, 0) is 222 Å². The summed E-state index contributed by atoms with van der Waals surface area (Å²) in [6, 6.07) is 194. The highest BCUT2D eigenvalue weighted by Crippen LogP contribution is 2.67. The standard InChI is InChI=1S/C127H85B2N7/c1-11-44-86(45-12-1)98-64-33-39-74-112(98)131(92-56-23-7-24-57-92)97-80-122-125-123(81-97)135(113-75-40-34-65-99(113)87-46-13-2-14-47-87)115-77-42-38-73-109(115)129(125)111-83-107-117(85-119(111)134(122)95-62-29-10-30-63-95)136(126-100(88-48-15-3-16-49-88)68-43-69-101(126)89-50-17-4-18-51-89)116-84-118-110(82-106(116)127(107)104-70-35-31-66-102(104)103-67-32-36-71-105(103)127)128-108-72-37-41-76-114(108)132(93-58-25-8-26-59-93)120-78-96(79-121(124(120)128)133(118)94-60-27-9-28-61-94)130(90-52-19-5-20-53-90)91-54-21-6-22-55-91/h1-85H. The van der Waals surface area contributed by atoms with Gasteiger partial charge in [0.05, 0.1) is 45.2 Å². The van der Waals surface area contributed by atoms with Gasteiger partial charge in [0, 0.05) is 102 Å². The van der Waals surface area contributed by atoms with E-state index in [-0.39, 0.29) is 13.4 Å². The van der Waals surface area contributed by atoms with E-state index in [0.717, 1.165) is 164 Å². The summed E-state index contributed by atoms with van der Waals surface area (Å²) in [5, 5.41) is 0. The molecule has 634 valence electrons. The summed E-state index contributed by atoms with van der Waals surface area (Å²) in [5.74, 6) is 0. The normalized spacial score (nSPS) is 13.2. The lowest BCUT2D eigenvalue weighted by Crippen LogP contribution is -2.62. The zero-order valence-electron chi connectivity index (χ0n) is 74.4. The van der Waals surface area contributed by atoms with Crippen LogP contribution in [0.4, 0.5) is 119 Å². The molecule has 27 rings (SSSR count). The second-order valence-corrected chi connectivity index (χ2v) is 36.0. The molecule has 0 saturated heterocycles. The van der Waals surface area contributed by atoms with Crippen LogP contribution in [0.5, 0.6) is 0 Å². The maximum Gasteiger partial charge on any atom is 0.252 e. The zero-order chi connectivity index (χ0) is 89.5. The van der Waals surface area contributed by atoms with Crippen molar-refractivity contribution in [1.82, 2.24) is 0 Å². The lowest BCUT2D eigenvalue weighted by atomic mass is 9.33. The van der Waals surface area contributed by atoms with E-state index in [0.29, 0.717) is 0 Å². The van der Waals surface area contributed by atoms with Gasteiger partial charge in [0.25, 0.3) is 13.4 Å². The first-order chi connectivity index (χ1) is 67.6. The third kappa shape index (κ3) is 12.1. The Morgan fingerprint density at radius 2 is 0.471 bits per heavy atom. The fourth-order valence-corrected chi connectivity index (χ4v) is 23.5. The van der Waals surface area contributed by atoms with E-state index in [9.17, 15) is 0 Å². The second-order valence-electron chi connectivity index (χ2n) is 36.0. The van der Waals surface area contributed by atoms with Crippen molar-refractivity contribution in [3.05, 3.63) is 538 Å². The molecular weight excluding hydrogens is 1650 g/mol. The smallest absolute Gasteiger partial charge is 0.252 e. The molecule has 6 aliphatic rings. The molecule has 5 aliphatic heterocycles. The molecule has 7 nitrogen and oxygen atoms in total. The van der Waals surface area contributed by atoms with Gasteiger partial charge in [-0.15, -0.1) is 0 Å². The number of hydrogen-bond acceptors (Lipinski definition) is 7. The molecule has 21 aromatic rings. The number of rotatable bonds is 15. The highest BCUT2D eigenvalue weighted by Gasteiger charge is 2.57. The van der Waals surface area contributed by atoms with Crippen LogP contribution >= 0.6 is 0 Å². The van der Waals surface area contributed by atoms with Crippen molar-refractivity contribution in [2.24, 2.45) is 0 Å². The zero-order valence-corrected chi connectivity index (χ0v) is 74.4. The van der Waals surface area contributed by atoms with Crippen molar-refractivity contribution in [2.45, 2.75) is 5.41 Å². The first kappa shape index (κ1) is 78.2. The Labute approximate surface area is 793 Å². The van der Waals surface area contributed by atoms with Crippen LogP contribution in [0.3, 0.4) is 0 Å². The van der Waals surface area contributed by atoms with Gasteiger partial charge >= 0.3 is 0 Å². The van der Waals surface area contributed by atoms with Crippen LogP contribution in [0.2, 0.25) is 0 Å². The number of benzene rings is 21. The monoisotopic (exact) mass is 1730 g/mol. The Morgan fingerprint density at radius 1 is 0.169 bits per heavy atom. The van der Waals surface area contributed by atoms with E-state index in [2.05, 4.69) is 550 Å². The number of hydrogen-bond donors (Lipinski definition) is 0. The summed E-state index contributed by atoms with van der Waals surface area (Å²) in [7, 11) is 0. The molecule has 0 bridgehead atoms. The van der Waals surface area contributed by atoms with E-state index in [4.69, 9.17) is 0 Å². The molecular formula is C127H85B2N7. The van der Waals surface area contributed by atoms with Gasteiger partial charge in [-0.2, -0.15) is 0 Å². The fraction of sp³-hybridized carbons (Fsp3) is 0.00787. The maximum absolute atomic E-state index is 2.76. The Kier molecular flexibility index (Phi) is 18.3. The van der Waals surface area contributed by atoms with E-state index in [1.807, 2.05) is 0 Å². The Hall–Kier alpha value is -17.7. The summed E-state index contributed by atoms with van der Waals surface area (Å²) < 4.78 is 0. The topological polar surface area (TPSA) is 22.7 Å². The molecule has 136 heavy (non-hydrogen) atoms. The highest BCUT2D eigenvalue weighted by atomic mass is 15.2. The molecule has 0 aromatic heterocycles. The minimum atomic E-state index is -1.03. The number of para-hydroxylation sites is 11. The van der Waals surface area contributed by atoms with Crippen LogP contribution < -0.4 is 67.1 Å². The highest BCUT2D eigenvalue weighted by molar-refractivity contribution is 7.01. The predicted molar refractivity (Wildman–Crippen MR) is 571 cm³/mol. The van der Waals surface area contributed by atoms with E-state index in [1.165, 1.54) is 66.2 Å². The van der Waals surface area contributed by atoms with Crippen LogP contribution in [-0.2, 0) is 5.41 Å². The Bertz CT molecular complexity index is 8120. The third-order valence-corrected chi connectivity index (χ3v) is 28.9. The SMILES string of the molecule is c1ccc(-c2ccccc2N(c2ccccc2)c2cc3c4c(c2)N(c2ccccc2-c2ccccc2)c2ccccc2B4c2cc4c(cc2N3c2ccccc2)N(c2c(-c3ccccc3)cccc2-c2ccccc2)c2cc3c(cc2C42c4ccccc4-c4ccccc42)B2c4ccccc4N(c4ccccc4)c4cc(N(c5ccccc5)c5ccccc5)cc(c42)N3c2ccccc2)cc1. The van der Waals surface area contributed by atoms with Crippen molar-refractivity contribution < 1.29 is 0 Å². The number of fused-ring (bicyclic) bond motifs is 17. The Balaban J connectivity index is 0.816. The lowest BCUT2D eigenvalue weighted by molar-refractivity contribution is 0.754. The van der Waals surface area contributed by atoms with Crippen LogP contribution in [0.25, 0.3) is 55.6 Å². The van der Waals surface area contributed by atoms with Gasteiger partial charge in [0.1, 0.15) is 0 Å². The summed E-state index contributed by atoms with van der Waals surface area (Å²) >= 11 is 0. The van der Waals surface area contributed by atoms with Gasteiger partial charge in [0.15, 0.2) is 0 Å². The minimum Gasteiger partial charge on any atom is -0.311 e. The molecule has 0 fully saturated rings. The van der Waals surface area contributed by atoms with Crippen LogP contribution in [0.1, 0.15) is 22.3 Å². The van der Waals surface area contributed by atoms with E-state index < -0.39 is 5.41 Å². The number of anilines is 21. The van der Waals surface area contributed by atoms with Crippen LogP contribution in [0.15, 0.2) is 516 Å². The number of nitrogens with zero attached hydrogens (tertiary/aromatic N) is 7. The molecule has 0 unspecified atom stereocenters. The first-order valence-electron chi connectivity index (χ1n) is 47.1. The average Bonchev–Trinajstić information content (AvgIpc) is 1.42. The van der Waals surface area contributed by atoms with Crippen LogP contribution in [-0.4, -0.2) is 13.4 Å². The van der Waals surface area contributed by atoms with E-state index in [1.54, 1.807) is 0 Å². The first-order valence-corrected chi connectivity index (χ1v) is 47.1. The molecule has 0 amide bonds. The van der Waals surface area contributed by atoms with Gasteiger partial charge in [-0.3, -0.25) is 0 Å². The second kappa shape index (κ2) is 31.8. The molecule has 9 heteroatoms. The quantitative estimate of drug-likeness (QED) is 0.0942. The molecule has 21 aromatic carbocycles. The van der Waals surface area contributed by atoms with E-state index >= 15 is 0 Å². The van der Waals surface area contributed by atoms with Gasteiger partial charge in [-0.1, -0.05) is 382 Å². The molecule has 1 spiro atoms. The molecule has 0 atom stereocenters. The summed E-state index contributed by atoms with van der Waals surface area (Å²) in [6.45, 7) is -0.671. The van der Waals surface area contributed by atoms with Gasteiger partial charge < -0.3 is 34.3 Å². The van der Waals surface area contributed by atoms with Gasteiger partial charge in [0.2, 0.25) is 0 Å². The predicted octanol–water partition coefficient (Wildman–Crippen LogP) is 29.6. The molecule has 0 radical (unpaired) electrons. The molecule has 1 aliphatic carbocycles. The fourth-order valence-electron chi connectivity index (χ4n) is 23.5. The largest absolute Gasteiger partial charge is 0.311 e. The van der Waals surface area contributed by atoms with Crippen molar-refractivity contribution in [2.75, 3.05) is 34.3 Å². The third-order valence-electron chi connectivity index (χ3n) is 28.9. The average molecular weight is 1730 g/mol. The minimum absolute atomic E-state index is 0.311. The van der Waals surface area contributed by atoms with Crippen molar-refractivity contribution in [3.8, 4) is 55.6 Å². The van der Waals surface area contributed by atoms with Crippen LogP contribution in [0, 0.1) is 0 Å². The summed E-state index contributed by atoms with van der Waals surface area (Å²) in [4.78, 5) is 18.2. The summed E-state index contributed by atoms with van der Waals surface area (Å²) in [6.07, 6.45) is 0. The lowest BCUT2D eigenvalue weighted by Gasteiger charge is -2.50. The van der Waals surface area contributed by atoms with Crippen molar-refractivity contribution >= 4 is 166 Å².